The van der Waals surface area contributed by atoms with Crippen LogP contribution in [0.3, 0.4) is 0 Å². The maximum Gasteiger partial charge on any atom is 0.324 e. The first-order valence-corrected chi connectivity index (χ1v) is 7.37. The molecule has 0 amide bonds. The Hall–Kier alpha value is -1.51. The number of ether oxygens (including phenoxy) is 1. The molecule has 0 spiro atoms. The smallest absolute Gasteiger partial charge is 0.324 e. The number of hydrogen-bond donors (Lipinski definition) is 1. The molecule has 8 heteroatoms. The summed E-state index contributed by atoms with van der Waals surface area (Å²) in [5.41, 5.74) is -0.0249. The number of carboxylic acids is 1. The third-order valence-electron chi connectivity index (χ3n) is 3.17. The van der Waals surface area contributed by atoms with Crippen molar-refractivity contribution in [2.45, 2.75) is 17.9 Å². The van der Waals surface area contributed by atoms with E-state index in [1.165, 1.54) is 19.1 Å². The summed E-state index contributed by atoms with van der Waals surface area (Å²) in [7, 11) is -4.08. The van der Waals surface area contributed by atoms with Crippen LogP contribution in [-0.2, 0) is 19.6 Å². The van der Waals surface area contributed by atoms with E-state index in [0.29, 0.717) is 0 Å². The van der Waals surface area contributed by atoms with E-state index in [1.807, 2.05) is 0 Å². The summed E-state index contributed by atoms with van der Waals surface area (Å²) in [6.07, 6.45) is 0. The van der Waals surface area contributed by atoms with Crippen LogP contribution in [0, 0.1) is 12.7 Å². The molecular formula is C12H14FNO5S. The average Bonchev–Trinajstić information content (AvgIpc) is 2.41. The number of benzene rings is 1. The van der Waals surface area contributed by atoms with E-state index >= 15 is 0 Å². The highest BCUT2D eigenvalue weighted by Crippen LogP contribution is 2.24. The molecule has 110 valence electrons. The van der Waals surface area contributed by atoms with Gasteiger partial charge in [-0.1, -0.05) is 6.07 Å². The minimum atomic E-state index is -4.08. The molecule has 1 unspecified atom stereocenters. The highest BCUT2D eigenvalue weighted by Gasteiger charge is 2.39. The first-order valence-electron chi connectivity index (χ1n) is 5.93. The van der Waals surface area contributed by atoms with Crippen molar-refractivity contribution in [2.24, 2.45) is 0 Å². The number of halogens is 1. The maximum atomic E-state index is 13.5. The molecular weight excluding hydrogens is 289 g/mol. The molecule has 1 aliphatic heterocycles. The van der Waals surface area contributed by atoms with Crippen molar-refractivity contribution in [3.8, 4) is 0 Å². The summed E-state index contributed by atoms with van der Waals surface area (Å²) in [4.78, 5) is 10.9. The fourth-order valence-electron chi connectivity index (χ4n) is 2.06. The van der Waals surface area contributed by atoms with Gasteiger partial charge in [-0.25, -0.2) is 12.8 Å². The Morgan fingerprint density at radius 2 is 2.20 bits per heavy atom. The van der Waals surface area contributed by atoms with Gasteiger partial charge >= 0.3 is 5.97 Å². The second-order valence-electron chi connectivity index (χ2n) is 4.41. The number of carboxylic acid groups (broad SMARTS) is 1. The van der Waals surface area contributed by atoms with Crippen molar-refractivity contribution >= 4 is 16.0 Å². The second-order valence-corrected chi connectivity index (χ2v) is 6.27. The summed E-state index contributed by atoms with van der Waals surface area (Å²) in [5.74, 6) is -1.94. The molecule has 0 saturated carbocycles. The molecule has 20 heavy (non-hydrogen) atoms. The zero-order chi connectivity index (χ0) is 14.9. The van der Waals surface area contributed by atoms with Crippen LogP contribution < -0.4 is 0 Å². The number of morpholine rings is 1. The molecule has 6 nitrogen and oxygen atoms in total. The van der Waals surface area contributed by atoms with E-state index < -0.39 is 27.9 Å². The molecule has 1 aromatic carbocycles. The van der Waals surface area contributed by atoms with E-state index in [0.717, 1.165) is 10.4 Å². The molecule has 0 aliphatic carbocycles. The normalized spacial score (nSPS) is 20.8. The third-order valence-corrected chi connectivity index (χ3v) is 5.22. The van der Waals surface area contributed by atoms with E-state index in [-0.39, 0.29) is 30.2 Å². The van der Waals surface area contributed by atoms with Crippen LogP contribution in [0.2, 0.25) is 0 Å². The van der Waals surface area contributed by atoms with Gasteiger partial charge < -0.3 is 9.84 Å². The number of carbonyl (C=O) groups is 1. The number of hydrogen-bond acceptors (Lipinski definition) is 4. The molecule has 1 N–H and O–H groups in total. The summed E-state index contributed by atoms with van der Waals surface area (Å²) in [6, 6.07) is 2.41. The van der Waals surface area contributed by atoms with Crippen LogP contribution >= 0.6 is 0 Å². The molecule has 1 aromatic rings. The lowest BCUT2D eigenvalue weighted by Gasteiger charge is -2.32. The van der Waals surface area contributed by atoms with Gasteiger partial charge in [0.2, 0.25) is 10.0 Å². The van der Waals surface area contributed by atoms with Crippen LogP contribution in [0.4, 0.5) is 4.39 Å². The Kier molecular flexibility index (Phi) is 4.07. The van der Waals surface area contributed by atoms with Crippen LogP contribution in [0.1, 0.15) is 5.56 Å². The van der Waals surface area contributed by atoms with Gasteiger partial charge in [0.15, 0.2) is 0 Å². The minimum absolute atomic E-state index is 0.0249. The van der Waals surface area contributed by atoms with Crippen LogP contribution in [0.5, 0.6) is 0 Å². The van der Waals surface area contributed by atoms with Gasteiger partial charge in [-0.05, 0) is 19.1 Å². The van der Waals surface area contributed by atoms with Crippen molar-refractivity contribution < 1.29 is 27.4 Å². The largest absolute Gasteiger partial charge is 0.480 e. The monoisotopic (exact) mass is 303 g/mol. The molecule has 0 aromatic heterocycles. The van der Waals surface area contributed by atoms with Gasteiger partial charge in [-0.15, -0.1) is 0 Å². The molecule has 1 saturated heterocycles. The number of rotatable bonds is 3. The minimum Gasteiger partial charge on any atom is -0.480 e. The lowest BCUT2D eigenvalue weighted by molar-refractivity contribution is -0.146. The van der Waals surface area contributed by atoms with Crippen molar-refractivity contribution in [3.05, 3.63) is 29.6 Å². The lowest BCUT2D eigenvalue weighted by Crippen LogP contribution is -2.52. The first-order chi connectivity index (χ1) is 9.35. The molecule has 0 radical (unpaired) electrons. The molecule has 1 fully saturated rings. The fourth-order valence-corrected chi connectivity index (χ4v) is 3.85. The van der Waals surface area contributed by atoms with Crippen LogP contribution in [0.15, 0.2) is 23.1 Å². The Balaban J connectivity index is 2.48. The number of aliphatic carboxylic acids is 1. The predicted molar refractivity (Wildman–Crippen MR) is 67.3 cm³/mol. The van der Waals surface area contributed by atoms with E-state index in [4.69, 9.17) is 9.84 Å². The number of nitrogens with zero attached hydrogens (tertiary/aromatic N) is 1. The van der Waals surface area contributed by atoms with Crippen molar-refractivity contribution in [1.82, 2.24) is 4.31 Å². The predicted octanol–water partition coefficient (Wildman–Crippen LogP) is 0.608. The molecule has 1 atom stereocenters. The van der Waals surface area contributed by atoms with Crippen molar-refractivity contribution in [1.29, 1.82) is 0 Å². The SMILES string of the molecule is Cc1c(F)cccc1S(=O)(=O)N1CCOCC1C(=O)O. The molecule has 2 rings (SSSR count). The van der Waals surface area contributed by atoms with E-state index in [9.17, 15) is 17.6 Å². The van der Waals surface area contributed by atoms with Gasteiger partial charge in [0, 0.05) is 12.1 Å². The standard InChI is InChI=1S/C12H14FNO5S/c1-8-9(13)3-2-4-11(8)20(17,18)14-5-6-19-7-10(14)12(15)16/h2-4,10H,5-7H2,1H3,(H,15,16). The fraction of sp³-hybridized carbons (Fsp3) is 0.417. The molecule has 1 heterocycles. The van der Waals surface area contributed by atoms with Gasteiger partial charge in [-0.3, -0.25) is 4.79 Å². The summed E-state index contributed by atoms with van der Waals surface area (Å²) in [5, 5.41) is 9.08. The van der Waals surface area contributed by atoms with Crippen LogP contribution in [-0.4, -0.2) is 49.6 Å². The Morgan fingerprint density at radius 1 is 1.50 bits per heavy atom. The Morgan fingerprint density at radius 3 is 2.85 bits per heavy atom. The second kappa shape index (κ2) is 5.47. The Labute approximate surface area is 115 Å². The third kappa shape index (κ3) is 2.54. The van der Waals surface area contributed by atoms with Crippen molar-refractivity contribution in [2.75, 3.05) is 19.8 Å². The first kappa shape index (κ1) is 14.9. The van der Waals surface area contributed by atoms with Gasteiger partial charge in [0.05, 0.1) is 18.1 Å². The van der Waals surface area contributed by atoms with Gasteiger partial charge in [0.1, 0.15) is 11.9 Å². The van der Waals surface area contributed by atoms with Crippen molar-refractivity contribution in [3.63, 3.8) is 0 Å². The van der Waals surface area contributed by atoms with Crippen LogP contribution in [0.25, 0.3) is 0 Å². The lowest BCUT2D eigenvalue weighted by atomic mass is 10.2. The topological polar surface area (TPSA) is 83.9 Å². The maximum absolute atomic E-state index is 13.5. The average molecular weight is 303 g/mol. The van der Waals surface area contributed by atoms with E-state index in [1.54, 1.807) is 0 Å². The quantitative estimate of drug-likeness (QED) is 0.884. The summed E-state index contributed by atoms with van der Waals surface area (Å²) < 4.78 is 44.4. The van der Waals surface area contributed by atoms with E-state index in [2.05, 4.69) is 0 Å². The number of sulfonamides is 1. The van der Waals surface area contributed by atoms with Gasteiger partial charge in [0.25, 0.3) is 0 Å². The highest BCUT2D eigenvalue weighted by atomic mass is 32.2. The summed E-state index contributed by atoms with van der Waals surface area (Å²) in [6.45, 7) is 1.16. The van der Waals surface area contributed by atoms with Gasteiger partial charge in [-0.2, -0.15) is 4.31 Å². The molecule has 1 aliphatic rings. The summed E-state index contributed by atoms with van der Waals surface area (Å²) >= 11 is 0. The zero-order valence-corrected chi connectivity index (χ0v) is 11.6. The zero-order valence-electron chi connectivity index (χ0n) is 10.7. The Bertz CT molecular complexity index is 631. The highest BCUT2D eigenvalue weighted by molar-refractivity contribution is 7.89. The molecule has 0 bridgehead atoms.